The van der Waals surface area contributed by atoms with Crippen molar-refractivity contribution in [1.29, 1.82) is 0 Å². The second-order valence-corrected chi connectivity index (χ2v) is 5.01. The quantitative estimate of drug-likeness (QED) is 0.747. The summed E-state index contributed by atoms with van der Waals surface area (Å²) < 4.78 is 5.40. The number of ether oxygens (including phenoxy) is 1. The summed E-state index contributed by atoms with van der Waals surface area (Å²) in [6.45, 7) is 4.87. The minimum Gasteiger partial charge on any atom is -0.481 e. The van der Waals surface area contributed by atoms with E-state index in [4.69, 9.17) is 9.84 Å². The first-order valence-electron chi connectivity index (χ1n) is 6.46. The first-order chi connectivity index (χ1) is 8.58. The van der Waals surface area contributed by atoms with Crippen LogP contribution in [0.2, 0.25) is 0 Å². The van der Waals surface area contributed by atoms with E-state index in [1.165, 1.54) is 0 Å². The fourth-order valence-electron chi connectivity index (χ4n) is 2.51. The lowest BCUT2D eigenvalue weighted by atomic mass is 9.97. The number of rotatable bonds is 1. The average molecular weight is 256 g/mol. The molecule has 0 aliphatic carbocycles. The minimum absolute atomic E-state index is 0.0222. The van der Waals surface area contributed by atoms with Crippen molar-refractivity contribution in [1.82, 2.24) is 9.80 Å². The van der Waals surface area contributed by atoms with Gasteiger partial charge in [-0.2, -0.15) is 0 Å². The maximum atomic E-state index is 12.2. The van der Waals surface area contributed by atoms with Gasteiger partial charge in [-0.15, -0.1) is 0 Å². The molecule has 1 atom stereocenters. The Balaban J connectivity index is 1.85. The van der Waals surface area contributed by atoms with Crippen LogP contribution in [0.15, 0.2) is 0 Å². The number of aliphatic carboxylic acids is 1. The average Bonchev–Trinajstić information content (AvgIpc) is 2.38. The predicted octanol–water partition coefficient (Wildman–Crippen LogP) is 0.624. The molecule has 0 aromatic carbocycles. The number of carbonyl (C=O) groups excluding carboxylic acids is 1. The summed E-state index contributed by atoms with van der Waals surface area (Å²) in [5.41, 5.74) is 0. The van der Waals surface area contributed by atoms with Crippen LogP contribution >= 0.6 is 0 Å². The summed E-state index contributed by atoms with van der Waals surface area (Å²) in [4.78, 5) is 26.6. The number of carbonyl (C=O) groups is 2. The Morgan fingerprint density at radius 1 is 1.17 bits per heavy atom. The molecular formula is C12H20N2O4. The molecule has 0 saturated carbocycles. The van der Waals surface area contributed by atoms with Crippen molar-refractivity contribution >= 4 is 12.0 Å². The van der Waals surface area contributed by atoms with Gasteiger partial charge in [-0.1, -0.05) is 0 Å². The third-order valence-corrected chi connectivity index (χ3v) is 3.63. The maximum Gasteiger partial charge on any atom is 0.320 e. The molecule has 2 rings (SSSR count). The molecule has 2 aliphatic heterocycles. The Kier molecular flexibility index (Phi) is 4.06. The van der Waals surface area contributed by atoms with E-state index in [0.29, 0.717) is 45.6 Å². The molecule has 1 unspecified atom stereocenters. The van der Waals surface area contributed by atoms with E-state index in [0.717, 1.165) is 0 Å². The highest BCUT2D eigenvalue weighted by Gasteiger charge is 2.30. The number of carboxylic acids is 1. The maximum absolute atomic E-state index is 12.2. The molecule has 102 valence electrons. The summed E-state index contributed by atoms with van der Waals surface area (Å²) in [5.74, 6) is -1.04. The monoisotopic (exact) mass is 256 g/mol. The fourth-order valence-corrected chi connectivity index (χ4v) is 2.51. The molecule has 2 saturated heterocycles. The van der Waals surface area contributed by atoms with Crippen molar-refractivity contribution in [2.24, 2.45) is 5.92 Å². The Morgan fingerprint density at radius 2 is 1.83 bits per heavy atom. The van der Waals surface area contributed by atoms with Crippen molar-refractivity contribution in [3.8, 4) is 0 Å². The van der Waals surface area contributed by atoms with E-state index >= 15 is 0 Å². The van der Waals surface area contributed by atoms with Crippen LogP contribution in [-0.4, -0.2) is 65.8 Å². The lowest BCUT2D eigenvalue weighted by molar-refractivity contribution is -0.143. The third-order valence-electron chi connectivity index (χ3n) is 3.63. The molecule has 2 aliphatic rings. The molecule has 2 fully saturated rings. The van der Waals surface area contributed by atoms with Crippen LogP contribution < -0.4 is 0 Å². The largest absolute Gasteiger partial charge is 0.481 e. The first-order valence-corrected chi connectivity index (χ1v) is 6.46. The minimum atomic E-state index is -0.748. The standard InChI is InChI=1S/C12H20N2O4/c1-9-8-14(6-7-18-9)12(17)13-4-2-10(3-5-13)11(15)16/h9-10H,2-8H2,1H3,(H,15,16). The number of piperidine rings is 1. The van der Waals surface area contributed by atoms with Crippen molar-refractivity contribution in [2.75, 3.05) is 32.8 Å². The molecule has 2 heterocycles. The van der Waals surface area contributed by atoms with Gasteiger partial charge in [0.1, 0.15) is 0 Å². The smallest absolute Gasteiger partial charge is 0.320 e. The lowest BCUT2D eigenvalue weighted by Gasteiger charge is -2.37. The number of likely N-dealkylation sites (tertiary alicyclic amines) is 1. The van der Waals surface area contributed by atoms with Crippen LogP contribution in [0.5, 0.6) is 0 Å². The predicted molar refractivity (Wildman–Crippen MR) is 64.3 cm³/mol. The van der Waals surface area contributed by atoms with E-state index in [2.05, 4.69) is 0 Å². The summed E-state index contributed by atoms with van der Waals surface area (Å²) in [6, 6.07) is 0.0222. The van der Waals surface area contributed by atoms with E-state index in [9.17, 15) is 9.59 Å². The van der Waals surface area contributed by atoms with Crippen LogP contribution in [0.1, 0.15) is 19.8 Å². The number of nitrogens with zero attached hydrogens (tertiary/aromatic N) is 2. The molecule has 18 heavy (non-hydrogen) atoms. The van der Waals surface area contributed by atoms with E-state index in [1.807, 2.05) is 6.92 Å². The molecule has 6 nitrogen and oxygen atoms in total. The Morgan fingerprint density at radius 3 is 2.39 bits per heavy atom. The van der Waals surface area contributed by atoms with Gasteiger partial charge in [0.25, 0.3) is 0 Å². The highest BCUT2D eigenvalue weighted by atomic mass is 16.5. The molecule has 0 bridgehead atoms. The Hall–Kier alpha value is -1.30. The van der Waals surface area contributed by atoms with Crippen LogP contribution in [0.3, 0.4) is 0 Å². The Labute approximate surface area is 106 Å². The summed E-state index contributed by atoms with van der Waals surface area (Å²) in [5, 5.41) is 8.92. The van der Waals surface area contributed by atoms with Gasteiger partial charge in [0.05, 0.1) is 18.6 Å². The highest BCUT2D eigenvalue weighted by molar-refractivity contribution is 5.75. The molecular weight excluding hydrogens is 236 g/mol. The van der Waals surface area contributed by atoms with Crippen LogP contribution in [0, 0.1) is 5.92 Å². The number of hydrogen-bond donors (Lipinski definition) is 1. The zero-order valence-corrected chi connectivity index (χ0v) is 10.7. The van der Waals surface area contributed by atoms with Crippen LogP contribution in [0.25, 0.3) is 0 Å². The second-order valence-electron chi connectivity index (χ2n) is 5.01. The van der Waals surface area contributed by atoms with Crippen LogP contribution in [0.4, 0.5) is 4.79 Å². The molecule has 0 aromatic rings. The lowest BCUT2D eigenvalue weighted by Crippen LogP contribution is -2.52. The molecule has 0 radical (unpaired) electrons. The van der Waals surface area contributed by atoms with Gasteiger partial charge in [-0.05, 0) is 19.8 Å². The molecule has 1 N–H and O–H groups in total. The second kappa shape index (κ2) is 5.56. The molecule has 2 amide bonds. The van der Waals surface area contributed by atoms with Gasteiger partial charge in [0.15, 0.2) is 0 Å². The number of urea groups is 1. The molecule has 0 spiro atoms. The van der Waals surface area contributed by atoms with Gasteiger partial charge in [0.2, 0.25) is 0 Å². The van der Waals surface area contributed by atoms with E-state index < -0.39 is 5.97 Å². The van der Waals surface area contributed by atoms with Gasteiger partial charge in [-0.25, -0.2) is 4.79 Å². The Bertz CT molecular complexity index is 326. The first kappa shape index (κ1) is 13.1. The summed E-state index contributed by atoms with van der Waals surface area (Å²) in [6.07, 6.45) is 1.20. The van der Waals surface area contributed by atoms with Crippen molar-refractivity contribution in [3.05, 3.63) is 0 Å². The number of amides is 2. The van der Waals surface area contributed by atoms with E-state index in [1.54, 1.807) is 9.80 Å². The number of morpholine rings is 1. The zero-order valence-electron chi connectivity index (χ0n) is 10.7. The third kappa shape index (κ3) is 2.93. The number of carboxylic acid groups (broad SMARTS) is 1. The zero-order chi connectivity index (χ0) is 13.1. The van der Waals surface area contributed by atoms with Gasteiger partial charge in [0, 0.05) is 26.2 Å². The van der Waals surface area contributed by atoms with E-state index in [-0.39, 0.29) is 18.1 Å². The van der Waals surface area contributed by atoms with Crippen LogP contribution in [-0.2, 0) is 9.53 Å². The van der Waals surface area contributed by atoms with Crippen molar-refractivity contribution < 1.29 is 19.4 Å². The summed E-state index contributed by atoms with van der Waals surface area (Å²) >= 11 is 0. The highest BCUT2D eigenvalue weighted by Crippen LogP contribution is 2.19. The normalized spacial score (nSPS) is 26.2. The number of hydrogen-bond acceptors (Lipinski definition) is 3. The fraction of sp³-hybridized carbons (Fsp3) is 0.833. The van der Waals surface area contributed by atoms with Gasteiger partial charge >= 0.3 is 12.0 Å². The van der Waals surface area contributed by atoms with Crippen molar-refractivity contribution in [3.63, 3.8) is 0 Å². The topological polar surface area (TPSA) is 70.1 Å². The molecule has 6 heteroatoms. The van der Waals surface area contributed by atoms with Gasteiger partial charge < -0.3 is 19.6 Å². The van der Waals surface area contributed by atoms with Gasteiger partial charge in [-0.3, -0.25) is 4.79 Å². The van der Waals surface area contributed by atoms with Crippen molar-refractivity contribution in [2.45, 2.75) is 25.9 Å². The summed E-state index contributed by atoms with van der Waals surface area (Å²) in [7, 11) is 0. The molecule has 0 aromatic heterocycles. The SMILES string of the molecule is CC1CN(C(=O)N2CCC(C(=O)O)CC2)CCO1.